The highest BCUT2D eigenvalue weighted by atomic mass is 19.1. The van der Waals surface area contributed by atoms with Gasteiger partial charge < -0.3 is 9.52 Å². The number of hydrogen-bond donors (Lipinski definition) is 1. The van der Waals surface area contributed by atoms with E-state index in [0.717, 1.165) is 0 Å². The van der Waals surface area contributed by atoms with Gasteiger partial charge >= 0.3 is 0 Å². The molecular formula is C13H13FO2. The third kappa shape index (κ3) is 2.14. The molecule has 0 radical (unpaired) electrons. The summed E-state index contributed by atoms with van der Waals surface area (Å²) in [6, 6.07) is 8.17. The maximum Gasteiger partial charge on any atom is 0.126 e. The topological polar surface area (TPSA) is 33.4 Å². The molecule has 0 saturated carbocycles. The van der Waals surface area contributed by atoms with E-state index in [1.165, 1.54) is 12.3 Å². The maximum atomic E-state index is 13.4. The molecule has 2 aromatic rings. The first kappa shape index (κ1) is 10.9. The second-order valence-electron chi connectivity index (χ2n) is 3.74. The summed E-state index contributed by atoms with van der Waals surface area (Å²) in [5.41, 5.74) is 1.22. The highest BCUT2D eigenvalue weighted by Crippen LogP contribution is 2.23. The Hall–Kier alpha value is -1.61. The van der Waals surface area contributed by atoms with Crippen molar-refractivity contribution in [1.82, 2.24) is 0 Å². The van der Waals surface area contributed by atoms with Gasteiger partial charge in [0.15, 0.2) is 0 Å². The lowest BCUT2D eigenvalue weighted by molar-refractivity contribution is 0.175. The molecule has 1 aromatic heterocycles. The number of aliphatic hydroxyl groups excluding tert-OH is 1. The molecule has 84 valence electrons. The Morgan fingerprint density at radius 1 is 1.31 bits per heavy atom. The third-order valence-electron chi connectivity index (χ3n) is 2.63. The van der Waals surface area contributed by atoms with Crippen LogP contribution in [-0.2, 0) is 6.42 Å². The average molecular weight is 220 g/mol. The van der Waals surface area contributed by atoms with Crippen molar-refractivity contribution >= 4 is 0 Å². The van der Waals surface area contributed by atoms with Crippen LogP contribution in [0.3, 0.4) is 0 Å². The lowest BCUT2D eigenvalue weighted by Gasteiger charge is -2.10. The van der Waals surface area contributed by atoms with Crippen LogP contribution < -0.4 is 0 Å². The van der Waals surface area contributed by atoms with Crippen LogP contribution in [0, 0.1) is 12.7 Å². The van der Waals surface area contributed by atoms with E-state index in [2.05, 4.69) is 0 Å². The number of aliphatic hydroxyl groups is 1. The number of aryl methyl sites for hydroxylation is 1. The van der Waals surface area contributed by atoms with Crippen LogP contribution in [0.5, 0.6) is 0 Å². The minimum Gasteiger partial charge on any atom is -0.469 e. The molecule has 0 amide bonds. The molecular weight excluding hydrogens is 207 g/mol. The molecule has 2 rings (SSSR count). The van der Waals surface area contributed by atoms with E-state index in [4.69, 9.17) is 4.42 Å². The van der Waals surface area contributed by atoms with Crippen molar-refractivity contribution in [3.63, 3.8) is 0 Å². The SMILES string of the molecule is Cc1occc1C(O)Cc1ccccc1F. The first-order chi connectivity index (χ1) is 7.68. The van der Waals surface area contributed by atoms with E-state index in [1.807, 2.05) is 0 Å². The van der Waals surface area contributed by atoms with Gasteiger partial charge in [0.1, 0.15) is 11.6 Å². The first-order valence-corrected chi connectivity index (χ1v) is 5.14. The van der Waals surface area contributed by atoms with Crippen molar-refractivity contribution in [1.29, 1.82) is 0 Å². The van der Waals surface area contributed by atoms with Crippen LogP contribution in [0.4, 0.5) is 4.39 Å². The Bertz CT molecular complexity index is 476. The standard InChI is InChI=1S/C13H13FO2/c1-9-11(6-7-16-9)13(15)8-10-4-2-3-5-12(10)14/h2-7,13,15H,8H2,1H3. The molecule has 2 nitrogen and oxygen atoms in total. The van der Waals surface area contributed by atoms with E-state index in [-0.39, 0.29) is 12.2 Å². The molecule has 1 unspecified atom stereocenters. The smallest absolute Gasteiger partial charge is 0.126 e. The van der Waals surface area contributed by atoms with E-state index in [9.17, 15) is 9.50 Å². The van der Waals surface area contributed by atoms with Crippen LogP contribution >= 0.6 is 0 Å². The number of furan rings is 1. The van der Waals surface area contributed by atoms with Gasteiger partial charge in [0.25, 0.3) is 0 Å². The van der Waals surface area contributed by atoms with Crippen molar-refractivity contribution in [3.05, 3.63) is 59.3 Å². The lowest BCUT2D eigenvalue weighted by atomic mass is 10.0. The maximum absolute atomic E-state index is 13.4. The number of hydrogen-bond acceptors (Lipinski definition) is 2. The molecule has 0 aliphatic heterocycles. The number of halogens is 1. The largest absolute Gasteiger partial charge is 0.469 e. The molecule has 0 bridgehead atoms. The molecule has 0 fully saturated rings. The summed E-state index contributed by atoms with van der Waals surface area (Å²) in [5.74, 6) is 0.381. The zero-order chi connectivity index (χ0) is 11.5. The predicted octanol–water partition coefficient (Wildman–Crippen LogP) is 3.00. The van der Waals surface area contributed by atoms with Crippen LogP contribution in [0.15, 0.2) is 41.0 Å². The minimum absolute atomic E-state index is 0.257. The molecule has 1 N–H and O–H groups in total. The van der Waals surface area contributed by atoms with Gasteiger partial charge in [-0.3, -0.25) is 0 Å². The summed E-state index contributed by atoms with van der Waals surface area (Å²) in [6.45, 7) is 1.78. The van der Waals surface area contributed by atoms with Gasteiger partial charge in [0, 0.05) is 12.0 Å². The summed E-state index contributed by atoms with van der Waals surface area (Å²) in [5, 5.41) is 9.94. The van der Waals surface area contributed by atoms with E-state index < -0.39 is 6.10 Å². The lowest BCUT2D eigenvalue weighted by Crippen LogP contribution is -2.03. The molecule has 1 heterocycles. The minimum atomic E-state index is -0.726. The van der Waals surface area contributed by atoms with Crippen molar-refractivity contribution < 1.29 is 13.9 Å². The Morgan fingerprint density at radius 3 is 2.69 bits per heavy atom. The van der Waals surface area contributed by atoms with Crippen LogP contribution in [-0.4, -0.2) is 5.11 Å². The molecule has 16 heavy (non-hydrogen) atoms. The summed E-state index contributed by atoms with van der Waals surface area (Å²) in [4.78, 5) is 0. The van der Waals surface area contributed by atoms with Crippen molar-refractivity contribution in [3.8, 4) is 0 Å². The summed E-state index contributed by atoms with van der Waals surface area (Å²) in [6.07, 6.45) is 1.05. The number of rotatable bonds is 3. The van der Waals surface area contributed by atoms with Crippen molar-refractivity contribution in [2.75, 3.05) is 0 Å². The Morgan fingerprint density at radius 2 is 2.06 bits per heavy atom. The van der Waals surface area contributed by atoms with E-state index in [1.54, 1.807) is 31.2 Å². The quantitative estimate of drug-likeness (QED) is 0.862. The second kappa shape index (κ2) is 4.49. The Labute approximate surface area is 93.3 Å². The molecule has 1 aromatic carbocycles. The fraction of sp³-hybridized carbons (Fsp3) is 0.231. The molecule has 0 saturated heterocycles. The summed E-state index contributed by atoms with van der Waals surface area (Å²) < 4.78 is 18.5. The van der Waals surface area contributed by atoms with Gasteiger partial charge in [-0.2, -0.15) is 0 Å². The van der Waals surface area contributed by atoms with Gasteiger partial charge in [-0.25, -0.2) is 4.39 Å². The van der Waals surface area contributed by atoms with Gasteiger partial charge in [0.05, 0.1) is 12.4 Å². The highest BCUT2D eigenvalue weighted by molar-refractivity contribution is 5.24. The van der Waals surface area contributed by atoms with Crippen LogP contribution in [0.1, 0.15) is 23.0 Å². The molecule has 3 heteroatoms. The van der Waals surface area contributed by atoms with E-state index in [0.29, 0.717) is 16.9 Å². The molecule has 1 atom stereocenters. The van der Waals surface area contributed by atoms with Gasteiger partial charge in [0.2, 0.25) is 0 Å². The fourth-order valence-corrected chi connectivity index (χ4v) is 1.72. The molecule has 0 spiro atoms. The van der Waals surface area contributed by atoms with Crippen molar-refractivity contribution in [2.45, 2.75) is 19.4 Å². The second-order valence-corrected chi connectivity index (χ2v) is 3.74. The Balaban J connectivity index is 2.17. The average Bonchev–Trinajstić information content (AvgIpc) is 2.68. The first-order valence-electron chi connectivity index (χ1n) is 5.14. The molecule has 0 aliphatic carbocycles. The Kier molecular flexibility index (Phi) is 3.06. The summed E-state index contributed by atoms with van der Waals surface area (Å²) >= 11 is 0. The summed E-state index contributed by atoms with van der Waals surface area (Å²) in [7, 11) is 0. The monoisotopic (exact) mass is 220 g/mol. The zero-order valence-electron chi connectivity index (χ0n) is 8.98. The number of benzene rings is 1. The van der Waals surface area contributed by atoms with Crippen LogP contribution in [0.2, 0.25) is 0 Å². The fourth-order valence-electron chi connectivity index (χ4n) is 1.72. The van der Waals surface area contributed by atoms with Gasteiger partial charge in [-0.05, 0) is 24.6 Å². The highest BCUT2D eigenvalue weighted by Gasteiger charge is 2.14. The van der Waals surface area contributed by atoms with Crippen molar-refractivity contribution in [2.24, 2.45) is 0 Å². The normalized spacial score (nSPS) is 12.7. The van der Waals surface area contributed by atoms with Crippen LogP contribution in [0.25, 0.3) is 0 Å². The van der Waals surface area contributed by atoms with E-state index >= 15 is 0 Å². The third-order valence-corrected chi connectivity index (χ3v) is 2.63. The predicted molar refractivity (Wildman–Crippen MR) is 58.5 cm³/mol. The van der Waals surface area contributed by atoms with Gasteiger partial charge in [-0.15, -0.1) is 0 Å². The molecule has 0 aliphatic rings. The van der Waals surface area contributed by atoms with Gasteiger partial charge in [-0.1, -0.05) is 18.2 Å². The zero-order valence-corrected chi connectivity index (χ0v) is 8.98.